The van der Waals surface area contributed by atoms with Crippen LogP contribution in [0.5, 0.6) is 0 Å². The van der Waals surface area contributed by atoms with E-state index in [9.17, 15) is 0 Å². The number of imidazole rings is 1. The molecule has 0 unspecified atom stereocenters. The Hall–Kier alpha value is -6.89. The smallest absolute Gasteiger partial charge is 0.159 e. The minimum Gasteiger partial charge on any atom is -0.309 e. The molecule has 0 saturated carbocycles. The zero-order chi connectivity index (χ0) is 34.9. The number of para-hydroxylation sites is 3. The zero-order valence-electron chi connectivity index (χ0n) is 28.4. The van der Waals surface area contributed by atoms with Crippen LogP contribution >= 0.6 is 11.3 Å². The van der Waals surface area contributed by atoms with Crippen molar-refractivity contribution in [1.82, 2.24) is 24.1 Å². The van der Waals surface area contributed by atoms with E-state index in [2.05, 4.69) is 171 Å². The summed E-state index contributed by atoms with van der Waals surface area (Å²) in [5, 5.41) is 5.12. The second kappa shape index (κ2) is 11.8. The highest BCUT2D eigenvalue weighted by Crippen LogP contribution is 2.42. The summed E-state index contributed by atoms with van der Waals surface area (Å²) in [5.41, 5.74) is 11.0. The SMILES string of the molecule is c1cnc(-c2ccc(-c3nc4ccccc4n3-c3ccc(-n4c5ccccc5c5cc(-c6cccc7c6sc6ccccc67)ccc54)cc3)cc2)nc1. The number of benzene rings is 7. The van der Waals surface area contributed by atoms with Gasteiger partial charge in [0.25, 0.3) is 0 Å². The number of rotatable bonds is 5. The van der Waals surface area contributed by atoms with Gasteiger partial charge in [-0.2, -0.15) is 0 Å². The molecule has 7 aromatic carbocycles. The summed E-state index contributed by atoms with van der Waals surface area (Å²) in [5.74, 6) is 1.59. The molecule has 0 aliphatic heterocycles. The Labute approximate surface area is 308 Å². The van der Waals surface area contributed by atoms with Crippen molar-refractivity contribution < 1.29 is 0 Å². The van der Waals surface area contributed by atoms with E-state index in [1.54, 1.807) is 12.4 Å². The first kappa shape index (κ1) is 29.8. The quantitative estimate of drug-likeness (QED) is 0.180. The summed E-state index contributed by atoms with van der Waals surface area (Å²) in [6.07, 6.45) is 3.54. The van der Waals surface area contributed by atoms with E-state index in [-0.39, 0.29) is 0 Å². The minimum absolute atomic E-state index is 0.706. The van der Waals surface area contributed by atoms with Crippen molar-refractivity contribution in [1.29, 1.82) is 0 Å². The second-order valence-corrected chi connectivity index (χ2v) is 14.3. The lowest BCUT2D eigenvalue weighted by molar-refractivity contribution is 1.09. The summed E-state index contributed by atoms with van der Waals surface area (Å²) in [6.45, 7) is 0. The molecule has 0 bridgehead atoms. The molecule has 53 heavy (non-hydrogen) atoms. The predicted octanol–water partition coefficient (Wildman–Crippen LogP) is 12.3. The van der Waals surface area contributed by atoms with Gasteiger partial charge in [0.1, 0.15) is 5.82 Å². The Balaban J connectivity index is 1.02. The molecule has 0 fully saturated rings. The van der Waals surface area contributed by atoms with Gasteiger partial charge in [-0.05, 0) is 77.9 Å². The number of nitrogens with zero attached hydrogens (tertiary/aromatic N) is 5. The summed E-state index contributed by atoms with van der Waals surface area (Å²) in [6, 6.07) is 58.4. The third kappa shape index (κ3) is 4.73. The Morgan fingerprint density at radius 1 is 0.434 bits per heavy atom. The average molecular weight is 696 g/mol. The lowest BCUT2D eigenvalue weighted by atomic mass is 10.0. The van der Waals surface area contributed by atoms with Crippen molar-refractivity contribution >= 4 is 64.3 Å². The highest BCUT2D eigenvalue weighted by Gasteiger charge is 2.18. The summed E-state index contributed by atoms with van der Waals surface area (Å²) in [7, 11) is 0. The van der Waals surface area contributed by atoms with E-state index >= 15 is 0 Å². The molecule has 0 radical (unpaired) electrons. The van der Waals surface area contributed by atoms with Crippen molar-refractivity contribution in [3.05, 3.63) is 176 Å². The third-order valence-electron chi connectivity index (χ3n) is 10.3. The van der Waals surface area contributed by atoms with Crippen LogP contribution in [0.4, 0.5) is 0 Å². The van der Waals surface area contributed by atoms with Crippen LogP contribution in [0.1, 0.15) is 0 Å². The fourth-order valence-corrected chi connectivity index (χ4v) is 9.08. The Bertz CT molecular complexity index is 3150. The molecule has 5 nitrogen and oxygen atoms in total. The van der Waals surface area contributed by atoms with Crippen LogP contribution in [0, 0.1) is 0 Å². The van der Waals surface area contributed by atoms with Crippen molar-refractivity contribution in [2.45, 2.75) is 0 Å². The van der Waals surface area contributed by atoms with E-state index in [0.29, 0.717) is 5.82 Å². The standard InChI is InChI=1S/C47H29N5S/c1-4-14-41-36(9-1)39-29-32(35-11-7-12-38-37-10-2-6-16-44(37)53-45(35)38)21-26-42(39)51(41)33-22-24-34(25-23-33)52-43-15-5-3-13-40(43)50-47(52)31-19-17-30(18-20-31)46-48-27-8-28-49-46/h1-29H. The van der Waals surface area contributed by atoms with Gasteiger partial charge in [-0.25, -0.2) is 15.0 Å². The molecule has 0 N–H and O–H groups in total. The number of aromatic nitrogens is 5. The van der Waals surface area contributed by atoms with Gasteiger partial charge in [0.2, 0.25) is 0 Å². The van der Waals surface area contributed by atoms with E-state index in [0.717, 1.165) is 39.4 Å². The van der Waals surface area contributed by atoms with Crippen LogP contribution in [-0.4, -0.2) is 24.1 Å². The predicted molar refractivity (Wildman–Crippen MR) is 220 cm³/mol. The van der Waals surface area contributed by atoms with E-state index < -0.39 is 0 Å². The summed E-state index contributed by atoms with van der Waals surface area (Å²) in [4.78, 5) is 13.9. The van der Waals surface area contributed by atoms with Crippen LogP contribution in [0.25, 0.3) is 98.3 Å². The number of thiophene rings is 1. The van der Waals surface area contributed by atoms with Crippen molar-refractivity contribution in [2.75, 3.05) is 0 Å². The first-order valence-electron chi connectivity index (χ1n) is 17.7. The summed E-state index contributed by atoms with van der Waals surface area (Å²) < 4.78 is 7.29. The highest BCUT2D eigenvalue weighted by molar-refractivity contribution is 7.26. The Morgan fingerprint density at radius 3 is 1.91 bits per heavy atom. The van der Waals surface area contributed by atoms with Gasteiger partial charge in [-0.15, -0.1) is 11.3 Å². The fraction of sp³-hybridized carbons (Fsp3) is 0. The lowest BCUT2D eigenvalue weighted by Gasteiger charge is -2.13. The van der Waals surface area contributed by atoms with Crippen molar-refractivity contribution in [3.8, 4) is 45.3 Å². The van der Waals surface area contributed by atoms with Gasteiger partial charge < -0.3 is 4.57 Å². The monoisotopic (exact) mass is 695 g/mol. The molecule has 11 aromatic rings. The average Bonchev–Trinajstić information content (AvgIpc) is 3.91. The van der Waals surface area contributed by atoms with Crippen LogP contribution in [0.2, 0.25) is 0 Å². The Morgan fingerprint density at radius 2 is 1.08 bits per heavy atom. The molecule has 0 atom stereocenters. The maximum Gasteiger partial charge on any atom is 0.159 e. The number of hydrogen-bond donors (Lipinski definition) is 0. The molecule has 0 aliphatic rings. The van der Waals surface area contributed by atoms with Gasteiger partial charge in [0, 0.05) is 65.8 Å². The number of fused-ring (bicyclic) bond motifs is 7. The fourth-order valence-electron chi connectivity index (χ4n) is 7.84. The molecule has 0 saturated heterocycles. The molecular weight excluding hydrogens is 667 g/mol. The third-order valence-corrected chi connectivity index (χ3v) is 11.5. The molecule has 248 valence electrons. The first-order chi connectivity index (χ1) is 26.3. The first-order valence-corrected chi connectivity index (χ1v) is 18.5. The lowest BCUT2D eigenvalue weighted by Crippen LogP contribution is -1.99. The maximum atomic E-state index is 5.11. The van der Waals surface area contributed by atoms with Crippen molar-refractivity contribution in [3.63, 3.8) is 0 Å². The normalized spacial score (nSPS) is 11.8. The van der Waals surface area contributed by atoms with Gasteiger partial charge in [0.05, 0.1) is 22.1 Å². The molecule has 11 rings (SSSR count). The molecule has 0 amide bonds. The second-order valence-electron chi connectivity index (χ2n) is 13.3. The molecule has 0 spiro atoms. The zero-order valence-corrected chi connectivity index (χ0v) is 29.2. The minimum atomic E-state index is 0.706. The maximum absolute atomic E-state index is 5.11. The van der Waals surface area contributed by atoms with E-state index in [1.807, 2.05) is 23.5 Å². The van der Waals surface area contributed by atoms with E-state index in [4.69, 9.17) is 4.98 Å². The molecular formula is C47H29N5S. The summed E-state index contributed by atoms with van der Waals surface area (Å²) >= 11 is 1.88. The van der Waals surface area contributed by atoms with Gasteiger partial charge in [0.15, 0.2) is 5.82 Å². The van der Waals surface area contributed by atoms with Crippen LogP contribution in [0.3, 0.4) is 0 Å². The highest BCUT2D eigenvalue weighted by atomic mass is 32.1. The molecule has 6 heteroatoms. The Kier molecular flexibility index (Phi) is 6.66. The van der Waals surface area contributed by atoms with Crippen LogP contribution in [0.15, 0.2) is 176 Å². The topological polar surface area (TPSA) is 48.5 Å². The largest absolute Gasteiger partial charge is 0.309 e. The van der Waals surface area contributed by atoms with Gasteiger partial charge >= 0.3 is 0 Å². The molecule has 0 aliphatic carbocycles. The van der Waals surface area contributed by atoms with Gasteiger partial charge in [-0.1, -0.05) is 97.1 Å². The molecule has 4 heterocycles. The van der Waals surface area contributed by atoms with Crippen LogP contribution < -0.4 is 0 Å². The molecule has 4 aromatic heterocycles. The van der Waals surface area contributed by atoms with Gasteiger partial charge in [-0.3, -0.25) is 4.57 Å². The van der Waals surface area contributed by atoms with Crippen molar-refractivity contribution in [2.24, 2.45) is 0 Å². The van der Waals surface area contributed by atoms with Crippen LogP contribution in [-0.2, 0) is 0 Å². The van der Waals surface area contributed by atoms with E-state index in [1.165, 1.54) is 53.1 Å². The number of hydrogen-bond acceptors (Lipinski definition) is 4.